The number of benzene rings is 1. The van der Waals surface area contributed by atoms with Gasteiger partial charge in [-0.25, -0.2) is 0 Å². The van der Waals surface area contributed by atoms with Crippen molar-refractivity contribution in [2.45, 2.75) is 20.4 Å². The molecule has 5 nitrogen and oxygen atoms in total. The van der Waals surface area contributed by atoms with Gasteiger partial charge < -0.3 is 20.1 Å². The molecule has 6 heteroatoms. The van der Waals surface area contributed by atoms with Crippen molar-refractivity contribution in [2.24, 2.45) is 4.99 Å². The van der Waals surface area contributed by atoms with E-state index in [1.807, 2.05) is 24.8 Å². The summed E-state index contributed by atoms with van der Waals surface area (Å²) >= 11 is 1.84. The Kier molecular flexibility index (Phi) is 11.6. The zero-order valence-electron chi connectivity index (χ0n) is 15.6. The molecule has 0 atom stereocenters. The number of rotatable bonds is 12. The first kappa shape index (κ1) is 21.4. The maximum atomic E-state index is 5.87. The average molecular weight is 366 g/mol. The molecule has 0 bridgehead atoms. The van der Waals surface area contributed by atoms with Crippen molar-refractivity contribution in [3.05, 3.63) is 42.0 Å². The molecule has 0 radical (unpaired) electrons. The maximum Gasteiger partial charge on any atom is 0.191 e. The van der Waals surface area contributed by atoms with E-state index in [2.05, 4.69) is 47.3 Å². The summed E-state index contributed by atoms with van der Waals surface area (Å²) in [4.78, 5) is 4.26. The topological polar surface area (TPSA) is 54.9 Å². The van der Waals surface area contributed by atoms with Crippen molar-refractivity contribution in [1.82, 2.24) is 10.6 Å². The number of ether oxygens (including phenoxy) is 2. The smallest absolute Gasteiger partial charge is 0.191 e. The minimum absolute atomic E-state index is 0.553. The third-order valence-electron chi connectivity index (χ3n) is 3.36. The Balaban J connectivity index is 2.49. The van der Waals surface area contributed by atoms with E-state index < -0.39 is 0 Å². The van der Waals surface area contributed by atoms with Gasteiger partial charge in [-0.2, -0.15) is 11.8 Å². The number of guanidine groups is 1. The van der Waals surface area contributed by atoms with E-state index in [0.717, 1.165) is 35.3 Å². The highest BCUT2D eigenvalue weighted by Crippen LogP contribution is 2.20. The molecule has 0 spiro atoms. The lowest BCUT2D eigenvalue weighted by molar-refractivity contribution is 0.110. The van der Waals surface area contributed by atoms with Gasteiger partial charge >= 0.3 is 0 Å². The van der Waals surface area contributed by atoms with Crippen molar-refractivity contribution in [2.75, 3.05) is 44.9 Å². The fraction of sp³-hybridized carbons (Fsp3) is 0.526. The number of hydrogen-bond donors (Lipinski definition) is 2. The molecule has 0 saturated carbocycles. The maximum absolute atomic E-state index is 5.87. The van der Waals surface area contributed by atoms with Crippen LogP contribution in [0.25, 0.3) is 0 Å². The summed E-state index contributed by atoms with van der Waals surface area (Å²) in [5.41, 5.74) is 2.28. The van der Waals surface area contributed by atoms with Crippen molar-refractivity contribution < 1.29 is 9.47 Å². The molecule has 0 aliphatic heterocycles. The fourth-order valence-electron chi connectivity index (χ4n) is 2.10. The molecule has 1 aromatic carbocycles. The van der Waals surface area contributed by atoms with Gasteiger partial charge in [0, 0.05) is 43.8 Å². The van der Waals surface area contributed by atoms with Crippen LogP contribution in [0.15, 0.2) is 35.8 Å². The highest BCUT2D eigenvalue weighted by atomic mass is 32.2. The standard InChI is InChI=1S/C19H31N3O2S/c1-5-12-25-13-9-21-19(20-4)22-15-17-8-7-16(3)14-18(17)24-11-10-23-6-2/h5,7-8,14H,1,6,9-13,15H2,2-4H3,(H2,20,21,22). The van der Waals surface area contributed by atoms with E-state index in [0.29, 0.717) is 26.4 Å². The predicted molar refractivity (Wildman–Crippen MR) is 109 cm³/mol. The van der Waals surface area contributed by atoms with Crippen LogP contribution in [-0.4, -0.2) is 50.9 Å². The molecule has 0 amide bonds. The molecule has 0 aliphatic carbocycles. The monoisotopic (exact) mass is 365 g/mol. The van der Waals surface area contributed by atoms with E-state index in [-0.39, 0.29) is 0 Å². The third-order valence-corrected chi connectivity index (χ3v) is 4.32. The molecule has 0 unspecified atom stereocenters. The normalized spacial score (nSPS) is 11.2. The second kappa shape index (κ2) is 13.6. The summed E-state index contributed by atoms with van der Waals surface area (Å²) in [6, 6.07) is 6.24. The Labute approximate surface area is 156 Å². The average Bonchev–Trinajstić information content (AvgIpc) is 2.62. The molecule has 1 aromatic rings. The Bertz CT molecular complexity index is 535. The molecule has 0 fully saturated rings. The minimum Gasteiger partial charge on any atom is -0.491 e. The highest BCUT2D eigenvalue weighted by Gasteiger charge is 2.06. The van der Waals surface area contributed by atoms with Gasteiger partial charge in [0.25, 0.3) is 0 Å². The third kappa shape index (κ3) is 9.41. The number of nitrogens with zero attached hydrogens (tertiary/aromatic N) is 1. The van der Waals surface area contributed by atoms with E-state index in [1.54, 1.807) is 7.05 Å². The van der Waals surface area contributed by atoms with Crippen molar-refractivity contribution in [3.8, 4) is 5.75 Å². The van der Waals surface area contributed by atoms with Crippen molar-refractivity contribution in [3.63, 3.8) is 0 Å². The van der Waals surface area contributed by atoms with Gasteiger partial charge in [0.1, 0.15) is 12.4 Å². The number of nitrogens with one attached hydrogen (secondary N) is 2. The Morgan fingerprint density at radius 3 is 2.88 bits per heavy atom. The quantitative estimate of drug-likeness (QED) is 0.258. The van der Waals surface area contributed by atoms with Crippen LogP contribution < -0.4 is 15.4 Å². The number of aliphatic imine (C=N–C) groups is 1. The summed E-state index contributed by atoms with van der Waals surface area (Å²) in [5, 5.41) is 6.65. The number of thioether (sulfide) groups is 1. The molecule has 140 valence electrons. The Morgan fingerprint density at radius 2 is 2.16 bits per heavy atom. The van der Waals surface area contributed by atoms with E-state index in [1.165, 1.54) is 5.56 Å². The summed E-state index contributed by atoms with van der Waals surface area (Å²) in [5.74, 6) is 3.67. The van der Waals surface area contributed by atoms with Crippen molar-refractivity contribution >= 4 is 17.7 Å². The van der Waals surface area contributed by atoms with E-state index in [4.69, 9.17) is 9.47 Å². The van der Waals surface area contributed by atoms with Gasteiger partial charge in [-0.15, -0.1) is 6.58 Å². The molecule has 1 rings (SSSR count). The number of aryl methyl sites for hydroxylation is 1. The van der Waals surface area contributed by atoms with Gasteiger partial charge in [-0.3, -0.25) is 4.99 Å². The fourth-order valence-corrected chi connectivity index (χ4v) is 2.68. The van der Waals surface area contributed by atoms with Crippen LogP contribution in [0, 0.1) is 6.92 Å². The molecule has 0 aliphatic rings. The second-order valence-corrected chi connectivity index (χ2v) is 6.52. The molecule has 0 heterocycles. The highest BCUT2D eigenvalue weighted by molar-refractivity contribution is 7.99. The lowest BCUT2D eigenvalue weighted by atomic mass is 10.1. The molecule has 0 aromatic heterocycles. The van der Waals surface area contributed by atoms with Gasteiger partial charge in [-0.1, -0.05) is 18.2 Å². The summed E-state index contributed by atoms with van der Waals surface area (Å²) in [7, 11) is 1.78. The van der Waals surface area contributed by atoms with Crippen LogP contribution >= 0.6 is 11.8 Å². The van der Waals surface area contributed by atoms with Crippen molar-refractivity contribution in [1.29, 1.82) is 0 Å². The first-order valence-corrected chi connectivity index (χ1v) is 9.80. The molecule has 2 N–H and O–H groups in total. The molecule has 25 heavy (non-hydrogen) atoms. The van der Waals surface area contributed by atoms with E-state index in [9.17, 15) is 0 Å². The minimum atomic E-state index is 0.553. The van der Waals surface area contributed by atoms with Gasteiger partial charge in [-0.05, 0) is 25.5 Å². The SMILES string of the molecule is C=CCSCCNC(=NC)NCc1ccc(C)cc1OCCOCC. The predicted octanol–water partition coefficient (Wildman–Crippen LogP) is 2.99. The summed E-state index contributed by atoms with van der Waals surface area (Å²) in [6.45, 7) is 11.1. The molecule has 0 saturated heterocycles. The Morgan fingerprint density at radius 1 is 1.32 bits per heavy atom. The van der Waals surface area contributed by atoms with Gasteiger partial charge in [0.2, 0.25) is 0 Å². The second-order valence-electron chi connectivity index (χ2n) is 5.37. The summed E-state index contributed by atoms with van der Waals surface area (Å²) in [6.07, 6.45) is 1.92. The summed E-state index contributed by atoms with van der Waals surface area (Å²) < 4.78 is 11.2. The first-order chi connectivity index (χ1) is 12.2. The zero-order valence-corrected chi connectivity index (χ0v) is 16.5. The van der Waals surface area contributed by atoms with Crippen LogP contribution in [0.2, 0.25) is 0 Å². The van der Waals surface area contributed by atoms with Gasteiger partial charge in [0.05, 0.1) is 6.61 Å². The lowest BCUT2D eigenvalue weighted by Crippen LogP contribution is -2.38. The Hall–Kier alpha value is -1.66. The zero-order chi connectivity index (χ0) is 18.3. The van der Waals surface area contributed by atoms with Crippen LogP contribution in [0.4, 0.5) is 0 Å². The largest absolute Gasteiger partial charge is 0.491 e. The number of hydrogen-bond acceptors (Lipinski definition) is 4. The van der Waals surface area contributed by atoms with Crippen LogP contribution in [0.3, 0.4) is 0 Å². The molecular weight excluding hydrogens is 334 g/mol. The van der Waals surface area contributed by atoms with Crippen LogP contribution in [0.5, 0.6) is 5.75 Å². The molecular formula is C19H31N3O2S. The van der Waals surface area contributed by atoms with Crippen LogP contribution in [0.1, 0.15) is 18.1 Å². The van der Waals surface area contributed by atoms with Gasteiger partial charge in [0.15, 0.2) is 5.96 Å². The first-order valence-electron chi connectivity index (χ1n) is 8.64. The lowest BCUT2D eigenvalue weighted by Gasteiger charge is -2.15. The van der Waals surface area contributed by atoms with E-state index >= 15 is 0 Å². The van der Waals surface area contributed by atoms with Crippen LogP contribution in [-0.2, 0) is 11.3 Å².